The molecule has 4 nitrogen and oxygen atoms in total. The monoisotopic (exact) mass is 278 g/mol. The van der Waals surface area contributed by atoms with Crippen molar-refractivity contribution in [1.82, 2.24) is 0 Å². The Kier molecular flexibility index (Phi) is 8.61. The van der Waals surface area contributed by atoms with Crippen molar-refractivity contribution in [2.24, 2.45) is 0 Å². The molecule has 0 amide bonds. The second kappa shape index (κ2) is 10.8. The molecular weight excluding hydrogens is 256 g/mol. The number of hydrogen-bond acceptors (Lipinski definition) is 4. The molecule has 2 heterocycles. The lowest BCUT2D eigenvalue weighted by Crippen LogP contribution is -1.90. The molecule has 3 rings (SSSR count). The van der Waals surface area contributed by atoms with E-state index in [1.54, 1.807) is 12.5 Å². The van der Waals surface area contributed by atoms with E-state index in [2.05, 4.69) is 0 Å². The minimum atomic E-state index is 0.169. The predicted octanol–water partition coefficient (Wildman–Crippen LogP) is 3.72. The van der Waals surface area contributed by atoms with Crippen LogP contribution in [0.5, 0.6) is 11.5 Å². The molecule has 0 radical (unpaired) electrons. The van der Waals surface area contributed by atoms with Gasteiger partial charge < -0.3 is 19.7 Å². The summed E-state index contributed by atoms with van der Waals surface area (Å²) >= 11 is 0. The molecule has 20 heavy (non-hydrogen) atoms. The van der Waals surface area contributed by atoms with Crippen LogP contribution in [0.25, 0.3) is 0 Å². The fraction of sp³-hybridized carbons (Fsp3) is 0.375. The first-order chi connectivity index (χ1) is 9.79. The van der Waals surface area contributed by atoms with E-state index < -0.39 is 0 Å². The van der Waals surface area contributed by atoms with Crippen LogP contribution in [0.15, 0.2) is 48.9 Å². The highest BCUT2D eigenvalue weighted by Gasteiger charge is 1.87. The number of phenolic OH excluding ortho intramolecular Hbond substituents is 2. The second-order valence-electron chi connectivity index (χ2n) is 4.29. The maximum atomic E-state index is 8.65. The van der Waals surface area contributed by atoms with Gasteiger partial charge in [-0.25, -0.2) is 0 Å². The summed E-state index contributed by atoms with van der Waals surface area (Å²) in [5.74, 6) is 0.339. The van der Waals surface area contributed by atoms with Crippen molar-refractivity contribution in [3.63, 3.8) is 0 Å². The lowest BCUT2D eigenvalue weighted by Gasteiger charge is -2.01. The Morgan fingerprint density at radius 2 is 1.10 bits per heavy atom. The quantitative estimate of drug-likeness (QED) is 0.710. The van der Waals surface area contributed by atoms with Crippen LogP contribution < -0.4 is 0 Å². The lowest BCUT2D eigenvalue weighted by atomic mass is 10.3. The summed E-state index contributed by atoms with van der Waals surface area (Å²) in [6.07, 6.45) is 12.4. The van der Waals surface area contributed by atoms with Gasteiger partial charge >= 0.3 is 0 Å². The van der Waals surface area contributed by atoms with Gasteiger partial charge in [-0.05, 0) is 62.1 Å². The Labute approximate surface area is 120 Å². The van der Waals surface area contributed by atoms with Crippen LogP contribution in [0.2, 0.25) is 0 Å². The van der Waals surface area contributed by atoms with E-state index in [9.17, 15) is 0 Å². The van der Waals surface area contributed by atoms with Gasteiger partial charge in [0.25, 0.3) is 0 Å². The number of allylic oxidation sites excluding steroid dienone is 2. The molecule has 0 saturated carbocycles. The fourth-order valence-corrected chi connectivity index (χ4v) is 1.43. The van der Waals surface area contributed by atoms with Crippen LogP contribution in [-0.2, 0) is 9.47 Å². The van der Waals surface area contributed by atoms with E-state index in [1.807, 2.05) is 12.2 Å². The zero-order valence-electron chi connectivity index (χ0n) is 11.6. The minimum absolute atomic E-state index is 0.169. The Hall–Kier alpha value is -2.10. The first kappa shape index (κ1) is 16.0. The molecule has 1 aromatic rings. The largest absolute Gasteiger partial charge is 0.508 e. The van der Waals surface area contributed by atoms with Crippen LogP contribution in [0.3, 0.4) is 0 Å². The van der Waals surface area contributed by atoms with E-state index in [0.29, 0.717) is 0 Å². The lowest BCUT2D eigenvalue weighted by molar-refractivity contribution is 0.231. The van der Waals surface area contributed by atoms with Crippen molar-refractivity contribution in [2.45, 2.75) is 25.7 Å². The normalized spacial score (nSPS) is 15.6. The maximum Gasteiger partial charge on any atom is 0.115 e. The minimum Gasteiger partial charge on any atom is -0.508 e. The summed E-state index contributed by atoms with van der Waals surface area (Å²) in [7, 11) is 0. The highest BCUT2D eigenvalue weighted by Crippen LogP contribution is 2.13. The van der Waals surface area contributed by atoms with Gasteiger partial charge in [0.1, 0.15) is 11.5 Å². The molecule has 0 fully saturated rings. The molecule has 0 saturated heterocycles. The molecule has 2 N–H and O–H groups in total. The van der Waals surface area contributed by atoms with Gasteiger partial charge in [-0.3, -0.25) is 0 Å². The molecule has 2 aliphatic rings. The van der Waals surface area contributed by atoms with Crippen molar-refractivity contribution in [3.05, 3.63) is 48.9 Å². The Balaban J connectivity index is 0.000000152. The van der Waals surface area contributed by atoms with Crippen LogP contribution in [0.4, 0.5) is 0 Å². The van der Waals surface area contributed by atoms with Gasteiger partial charge in [0, 0.05) is 0 Å². The third-order valence-electron chi connectivity index (χ3n) is 2.50. The van der Waals surface area contributed by atoms with Crippen LogP contribution in [0.1, 0.15) is 25.7 Å². The summed E-state index contributed by atoms with van der Waals surface area (Å²) in [5.41, 5.74) is 0. The molecule has 2 aliphatic heterocycles. The molecular formula is C16H22O4. The van der Waals surface area contributed by atoms with Crippen molar-refractivity contribution < 1.29 is 19.7 Å². The first-order valence-corrected chi connectivity index (χ1v) is 6.80. The number of phenols is 2. The fourth-order valence-electron chi connectivity index (χ4n) is 1.43. The first-order valence-electron chi connectivity index (χ1n) is 6.80. The molecule has 0 bridgehead atoms. The summed E-state index contributed by atoms with van der Waals surface area (Å²) in [4.78, 5) is 0. The average molecular weight is 278 g/mol. The third kappa shape index (κ3) is 8.91. The number of aromatic hydroxyl groups is 2. The SMILES string of the molecule is C1=COCCC1.C1=COCCC1.Oc1ccc(O)cc1. The van der Waals surface area contributed by atoms with E-state index in [1.165, 1.54) is 49.9 Å². The number of benzene rings is 1. The van der Waals surface area contributed by atoms with E-state index in [-0.39, 0.29) is 11.5 Å². The Bertz CT molecular complexity index is 340. The molecule has 0 spiro atoms. The smallest absolute Gasteiger partial charge is 0.115 e. The number of rotatable bonds is 0. The predicted molar refractivity (Wildman–Crippen MR) is 78.4 cm³/mol. The number of ether oxygens (including phenoxy) is 2. The van der Waals surface area contributed by atoms with E-state index in [0.717, 1.165) is 13.2 Å². The molecule has 4 heteroatoms. The highest BCUT2D eigenvalue weighted by atomic mass is 16.5. The summed E-state index contributed by atoms with van der Waals surface area (Å²) in [5, 5.41) is 17.3. The zero-order valence-corrected chi connectivity index (χ0v) is 11.6. The standard InChI is InChI=1S/C6H6O2.2C5H8O/c7-5-1-2-6(8)4-3-5;2*1-2-4-6-5-3-1/h1-4,7-8H;2*2,4H,1,3,5H2. The molecule has 0 aromatic heterocycles. The van der Waals surface area contributed by atoms with Crippen molar-refractivity contribution in [2.75, 3.05) is 13.2 Å². The van der Waals surface area contributed by atoms with Crippen molar-refractivity contribution in [1.29, 1.82) is 0 Å². The Morgan fingerprint density at radius 3 is 1.25 bits per heavy atom. The molecule has 110 valence electrons. The van der Waals surface area contributed by atoms with Gasteiger partial charge in [-0.15, -0.1) is 0 Å². The highest BCUT2D eigenvalue weighted by molar-refractivity contribution is 5.28. The number of hydrogen-bond donors (Lipinski definition) is 2. The van der Waals surface area contributed by atoms with Gasteiger partial charge in [0.2, 0.25) is 0 Å². The van der Waals surface area contributed by atoms with Crippen LogP contribution >= 0.6 is 0 Å². The molecule has 0 aliphatic carbocycles. The second-order valence-corrected chi connectivity index (χ2v) is 4.29. The van der Waals surface area contributed by atoms with Gasteiger partial charge in [0.15, 0.2) is 0 Å². The van der Waals surface area contributed by atoms with E-state index in [4.69, 9.17) is 19.7 Å². The summed E-state index contributed by atoms with van der Waals surface area (Å²) in [6.45, 7) is 1.83. The topological polar surface area (TPSA) is 58.9 Å². The molecule has 1 aromatic carbocycles. The summed E-state index contributed by atoms with van der Waals surface area (Å²) < 4.78 is 9.78. The van der Waals surface area contributed by atoms with Crippen molar-refractivity contribution >= 4 is 0 Å². The average Bonchev–Trinajstić information content (AvgIpc) is 2.55. The van der Waals surface area contributed by atoms with Crippen LogP contribution in [-0.4, -0.2) is 23.4 Å². The van der Waals surface area contributed by atoms with Gasteiger partial charge in [0.05, 0.1) is 25.7 Å². The maximum absolute atomic E-state index is 8.65. The van der Waals surface area contributed by atoms with Gasteiger partial charge in [-0.1, -0.05) is 0 Å². The van der Waals surface area contributed by atoms with Gasteiger partial charge in [-0.2, -0.15) is 0 Å². The Morgan fingerprint density at radius 1 is 0.700 bits per heavy atom. The van der Waals surface area contributed by atoms with Crippen molar-refractivity contribution in [3.8, 4) is 11.5 Å². The molecule has 0 unspecified atom stereocenters. The zero-order chi connectivity index (χ0) is 14.5. The van der Waals surface area contributed by atoms with Crippen LogP contribution in [0, 0.1) is 0 Å². The molecule has 0 atom stereocenters. The third-order valence-corrected chi connectivity index (χ3v) is 2.50. The van der Waals surface area contributed by atoms with E-state index >= 15 is 0 Å². The summed E-state index contributed by atoms with van der Waals surface area (Å²) in [6, 6.07) is 5.70.